The average molecular weight is 157 g/mol. The van der Waals surface area contributed by atoms with Crippen molar-refractivity contribution in [3.8, 4) is 0 Å². The van der Waals surface area contributed by atoms with E-state index in [0.29, 0.717) is 12.5 Å². The van der Waals surface area contributed by atoms with E-state index in [4.69, 9.17) is 10.5 Å². The average Bonchev–Trinajstić information content (AvgIpc) is 2.81. The van der Waals surface area contributed by atoms with Crippen LogP contribution in [0.25, 0.3) is 0 Å². The highest BCUT2D eigenvalue weighted by atomic mass is 16.6. The summed E-state index contributed by atoms with van der Waals surface area (Å²) >= 11 is 0. The van der Waals surface area contributed by atoms with E-state index in [1.54, 1.807) is 0 Å². The van der Waals surface area contributed by atoms with Crippen LogP contribution in [0, 0.1) is 0 Å². The van der Waals surface area contributed by atoms with Crippen LogP contribution >= 0.6 is 0 Å². The van der Waals surface area contributed by atoms with Gasteiger partial charge >= 0.3 is 0 Å². The maximum absolute atomic E-state index is 11.1. The highest BCUT2D eigenvalue weighted by molar-refractivity contribution is 5.83. The second-order valence-corrected chi connectivity index (χ2v) is 2.98. The van der Waals surface area contributed by atoms with E-state index in [0.717, 1.165) is 19.4 Å². The fraction of sp³-hybridized carbons (Fsp3) is 0.875. The van der Waals surface area contributed by atoms with Crippen molar-refractivity contribution in [3.63, 3.8) is 0 Å². The Labute approximate surface area is 66.9 Å². The number of rotatable bonds is 5. The number of hydrogen-bond donors (Lipinski definition) is 1. The summed E-state index contributed by atoms with van der Waals surface area (Å²) in [5, 5.41) is 0. The van der Waals surface area contributed by atoms with Crippen molar-refractivity contribution in [2.24, 2.45) is 5.73 Å². The monoisotopic (exact) mass is 157 g/mol. The molecule has 0 aliphatic carbocycles. The predicted octanol–water partition coefficient (Wildman–Crippen LogP) is 0.472. The molecular weight excluding hydrogens is 142 g/mol. The summed E-state index contributed by atoms with van der Waals surface area (Å²) in [6.07, 6.45) is 2.53. The fourth-order valence-corrected chi connectivity index (χ4v) is 0.951. The van der Waals surface area contributed by atoms with E-state index in [1.807, 2.05) is 6.92 Å². The third-order valence-electron chi connectivity index (χ3n) is 1.97. The molecule has 1 unspecified atom stereocenters. The van der Waals surface area contributed by atoms with Crippen molar-refractivity contribution < 1.29 is 9.53 Å². The Bertz CT molecular complexity index is 143. The number of carbonyl (C=O) groups is 1. The van der Waals surface area contributed by atoms with Gasteiger partial charge in [-0.15, -0.1) is 0 Å². The SMILES string of the molecule is CC[C@@H](N)C(=O)CCC1CO1. The molecule has 0 spiro atoms. The van der Waals surface area contributed by atoms with Crippen LogP contribution in [0.5, 0.6) is 0 Å². The molecule has 0 radical (unpaired) electrons. The van der Waals surface area contributed by atoms with Crippen molar-refractivity contribution in [1.82, 2.24) is 0 Å². The van der Waals surface area contributed by atoms with E-state index < -0.39 is 0 Å². The van der Waals surface area contributed by atoms with Crippen molar-refractivity contribution in [2.45, 2.75) is 38.3 Å². The van der Waals surface area contributed by atoms with E-state index >= 15 is 0 Å². The lowest BCUT2D eigenvalue weighted by Crippen LogP contribution is -2.29. The van der Waals surface area contributed by atoms with E-state index in [2.05, 4.69) is 0 Å². The number of nitrogens with two attached hydrogens (primary N) is 1. The summed E-state index contributed by atoms with van der Waals surface area (Å²) in [6, 6.07) is -0.256. The van der Waals surface area contributed by atoms with Crippen LogP contribution in [0.4, 0.5) is 0 Å². The molecule has 11 heavy (non-hydrogen) atoms. The Balaban J connectivity index is 2.08. The van der Waals surface area contributed by atoms with Gasteiger partial charge in [-0.05, 0) is 12.8 Å². The summed E-state index contributed by atoms with van der Waals surface area (Å²) in [6.45, 7) is 2.75. The molecule has 3 heteroatoms. The molecule has 1 heterocycles. The molecular formula is C8H15NO2. The number of hydrogen-bond acceptors (Lipinski definition) is 3. The van der Waals surface area contributed by atoms with E-state index in [9.17, 15) is 4.79 Å². The van der Waals surface area contributed by atoms with Gasteiger partial charge in [-0.25, -0.2) is 0 Å². The minimum atomic E-state index is -0.256. The van der Waals surface area contributed by atoms with Crippen molar-refractivity contribution in [1.29, 1.82) is 0 Å². The summed E-state index contributed by atoms with van der Waals surface area (Å²) in [4.78, 5) is 11.1. The van der Waals surface area contributed by atoms with Gasteiger partial charge in [0.2, 0.25) is 0 Å². The maximum Gasteiger partial charge on any atom is 0.149 e. The zero-order valence-corrected chi connectivity index (χ0v) is 6.88. The fourth-order valence-electron chi connectivity index (χ4n) is 0.951. The Morgan fingerprint density at radius 2 is 2.45 bits per heavy atom. The van der Waals surface area contributed by atoms with Gasteiger partial charge in [0, 0.05) is 6.42 Å². The van der Waals surface area contributed by atoms with Gasteiger partial charge in [-0.1, -0.05) is 6.92 Å². The minimum absolute atomic E-state index is 0.169. The summed E-state index contributed by atoms with van der Waals surface area (Å²) < 4.78 is 4.98. The molecule has 0 bridgehead atoms. The highest BCUT2D eigenvalue weighted by Gasteiger charge is 2.23. The van der Waals surface area contributed by atoms with Gasteiger partial charge in [0.1, 0.15) is 5.78 Å². The molecule has 64 valence electrons. The molecule has 1 rings (SSSR count). The third-order valence-corrected chi connectivity index (χ3v) is 1.97. The molecule has 0 saturated carbocycles. The number of Topliss-reactive ketones (excluding diaryl/α,β-unsaturated/α-hetero) is 1. The molecule has 2 atom stereocenters. The van der Waals surface area contributed by atoms with Crippen LogP contribution in [0.2, 0.25) is 0 Å². The normalized spacial score (nSPS) is 24.7. The van der Waals surface area contributed by atoms with Crippen LogP contribution in [-0.2, 0) is 9.53 Å². The van der Waals surface area contributed by atoms with Crippen LogP contribution in [0.3, 0.4) is 0 Å². The summed E-state index contributed by atoms with van der Waals surface area (Å²) in [7, 11) is 0. The number of ether oxygens (including phenoxy) is 1. The molecule has 2 N–H and O–H groups in total. The van der Waals surface area contributed by atoms with Gasteiger partial charge in [0.25, 0.3) is 0 Å². The molecule has 0 aromatic carbocycles. The molecule has 0 amide bonds. The molecule has 3 nitrogen and oxygen atoms in total. The van der Waals surface area contributed by atoms with E-state index in [1.165, 1.54) is 0 Å². The third kappa shape index (κ3) is 2.99. The largest absolute Gasteiger partial charge is 0.373 e. The first-order chi connectivity index (χ1) is 5.24. The maximum atomic E-state index is 11.1. The Morgan fingerprint density at radius 3 is 2.91 bits per heavy atom. The predicted molar refractivity (Wildman–Crippen MR) is 42.2 cm³/mol. The molecule has 1 aliphatic heterocycles. The first-order valence-electron chi connectivity index (χ1n) is 4.14. The molecule has 0 aromatic heterocycles. The molecule has 1 fully saturated rings. The second-order valence-electron chi connectivity index (χ2n) is 2.98. The van der Waals surface area contributed by atoms with Gasteiger partial charge < -0.3 is 10.5 Å². The smallest absolute Gasteiger partial charge is 0.149 e. The zero-order chi connectivity index (χ0) is 8.27. The Kier molecular flexibility index (Phi) is 3.02. The standard InChI is InChI=1S/C8H15NO2/c1-2-7(9)8(10)4-3-6-5-11-6/h6-7H,2-5,9H2,1H3/t6?,7-/m1/s1. The highest BCUT2D eigenvalue weighted by Crippen LogP contribution is 2.15. The summed E-state index contributed by atoms with van der Waals surface area (Å²) in [5.74, 6) is 0.169. The quantitative estimate of drug-likeness (QED) is 0.590. The second kappa shape index (κ2) is 3.83. The lowest BCUT2D eigenvalue weighted by molar-refractivity contribution is -0.120. The Hall–Kier alpha value is -0.410. The lowest BCUT2D eigenvalue weighted by atomic mass is 10.1. The molecule has 1 saturated heterocycles. The van der Waals surface area contributed by atoms with Gasteiger partial charge in [-0.2, -0.15) is 0 Å². The number of ketones is 1. The summed E-state index contributed by atoms with van der Waals surface area (Å²) in [5.41, 5.74) is 5.53. The van der Waals surface area contributed by atoms with E-state index in [-0.39, 0.29) is 11.8 Å². The first kappa shape index (κ1) is 8.68. The topological polar surface area (TPSA) is 55.6 Å². The molecule has 0 aromatic rings. The first-order valence-corrected chi connectivity index (χ1v) is 4.14. The molecule has 1 aliphatic rings. The van der Waals surface area contributed by atoms with Crippen LogP contribution in [-0.4, -0.2) is 24.5 Å². The van der Waals surface area contributed by atoms with Crippen molar-refractivity contribution in [2.75, 3.05) is 6.61 Å². The van der Waals surface area contributed by atoms with Crippen molar-refractivity contribution >= 4 is 5.78 Å². The van der Waals surface area contributed by atoms with Crippen LogP contribution in [0.1, 0.15) is 26.2 Å². The van der Waals surface area contributed by atoms with Gasteiger partial charge in [0.15, 0.2) is 0 Å². The van der Waals surface area contributed by atoms with Gasteiger partial charge in [0.05, 0.1) is 18.8 Å². The lowest BCUT2D eigenvalue weighted by Gasteiger charge is -2.05. The number of epoxide rings is 1. The van der Waals surface area contributed by atoms with Crippen LogP contribution < -0.4 is 5.73 Å². The zero-order valence-electron chi connectivity index (χ0n) is 6.88. The Morgan fingerprint density at radius 1 is 1.82 bits per heavy atom. The number of carbonyl (C=O) groups excluding carboxylic acids is 1. The van der Waals surface area contributed by atoms with Gasteiger partial charge in [-0.3, -0.25) is 4.79 Å². The van der Waals surface area contributed by atoms with Crippen LogP contribution in [0.15, 0.2) is 0 Å². The minimum Gasteiger partial charge on any atom is -0.373 e. The van der Waals surface area contributed by atoms with Crippen molar-refractivity contribution in [3.05, 3.63) is 0 Å².